The second-order valence-electron chi connectivity index (χ2n) is 5.97. The minimum atomic E-state index is -0.363. The van der Waals surface area contributed by atoms with Crippen molar-refractivity contribution in [3.63, 3.8) is 0 Å². The van der Waals surface area contributed by atoms with Crippen LogP contribution in [0.2, 0.25) is 0 Å². The van der Waals surface area contributed by atoms with Crippen LogP contribution in [0.15, 0.2) is 30.3 Å². The lowest BCUT2D eigenvalue weighted by atomic mass is 9.94. The molecule has 3 saturated heterocycles. The number of carbonyl (C=O) groups excluding carboxylic acids is 1. The number of aliphatic hydroxyl groups is 1. The summed E-state index contributed by atoms with van der Waals surface area (Å²) < 4.78 is 0. The molecule has 2 atom stereocenters. The molecule has 3 fully saturated rings. The molecule has 0 spiro atoms. The van der Waals surface area contributed by atoms with E-state index in [1.807, 2.05) is 11.0 Å². The SMILES string of the molecule is O=C(CO)N1C[C@H]2CC[C@@H](C1)N(Cc1ccccc1)C2. The van der Waals surface area contributed by atoms with E-state index in [-0.39, 0.29) is 12.5 Å². The normalized spacial score (nSPS) is 26.6. The largest absolute Gasteiger partial charge is 0.387 e. The fourth-order valence-corrected chi connectivity index (χ4v) is 3.49. The topological polar surface area (TPSA) is 43.8 Å². The molecule has 4 heteroatoms. The maximum absolute atomic E-state index is 11.8. The molecule has 3 heterocycles. The van der Waals surface area contributed by atoms with Gasteiger partial charge in [-0.3, -0.25) is 9.69 Å². The van der Waals surface area contributed by atoms with Gasteiger partial charge in [0.05, 0.1) is 0 Å². The average molecular weight is 274 g/mol. The van der Waals surface area contributed by atoms with Crippen molar-refractivity contribution in [3.8, 4) is 0 Å². The highest BCUT2D eigenvalue weighted by atomic mass is 16.3. The van der Waals surface area contributed by atoms with Crippen molar-refractivity contribution in [2.24, 2.45) is 5.92 Å². The Morgan fingerprint density at radius 3 is 2.70 bits per heavy atom. The third kappa shape index (κ3) is 2.86. The van der Waals surface area contributed by atoms with Gasteiger partial charge in [-0.2, -0.15) is 0 Å². The lowest BCUT2D eigenvalue weighted by molar-refractivity contribution is -0.134. The molecular formula is C16H22N2O2. The van der Waals surface area contributed by atoms with Gasteiger partial charge in [0.25, 0.3) is 0 Å². The zero-order chi connectivity index (χ0) is 13.9. The van der Waals surface area contributed by atoms with Gasteiger partial charge in [0.1, 0.15) is 6.61 Å². The number of carbonyl (C=O) groups is 1. The zero-order valence-corrected chi connectivity index (χ0v) is 11.7. The van der Waals surface area contributed by atoms with E-state index >= 15 is 0 Å². The second kappa shape index (κ2) is 5.94. The van der Waals surface area contributed by atoms with Gasteiger partial charge in [0.15, 0.2) is 0 Å². The summed E-state index contributed by atoms with van der Waals surface area (Å²) in [6, 6.07) is 11.0. The smallest absolute Gasteiger partial charge is 0.248 e. The van der Waals surface area contributed by atoms with Crippen molar-refractivity contribution in [3.05, 3.63) is 35.9 Å². The molecule has 1 aromatic rings. The Bertz CT molecular complexity index is 463. The molecule has 108 valence electrons. The summed E-state index contributed by atoms with van der Waals surface area (Å²) in [5.74, 6) is 0.427. The molecule has 3 aliphatic heterocycles. The van der Waals surface area contributed by atoms with Crippen LogP contribution in [0.4, 0.5) is 0 Å². The van der Waals surface area contributed by atoms with Gasteiger partial charge in [-0.25, -0.2) is 0 Å². The zero-order valence-electron chi connectivity index (χ0n) is 11.7. The molecular weight excluding hydrogens is 252 g/mol. The summed E-state index contributed by atoms with van der Waals surface area (Å²) >= 11 is 0. The Labute approximate surface area is 120 Å². The lowest BCUT2D eigenvalue weighted by Crippen LogP contribution is -2.44. The molecule has 0 unspecified atom stereocenters. The summed E-state index contributed by atoms with van der Waals surface area (Å²) in [6.07, 6.45) is 2.36. The summed E-state index contributed by atoms with van der Waals surface area (Å²) in [5, 5.41) is 9.07. The van der Waals surface area contributed by atoms with E-state index in [9.17, 15) is 4.79 Å². The maximum atomic E-state index is 11.8. The Morgan fingerprint density at radius 1 is 1.15 bits per heavy atom. The highest BCUT2D eigenvalue weighted by Gasteiger charge is 2.35. The van der Waals surface area contributed by atoms with Crippen molar-refractivity contribution in [2.75, 3.05) is 26.2 Å². The molecule has 0 saturated carbocycles. The molecule has 1 amide bonds. The minimum absolute atomic E-state index is 0.122. The predicted molar refractivity (Wildman–Crippen MR) is 77.0 cm³/mol. The number of amides is 1. The first kappa shape index (κ1) is 13.6. The van der Waals surface area contributed by atoms with Gasteiger partial charge >= 0.3 is 0 Å². The van der Waals surface area contributed by atoms with Crippen LogP contribution < -0.4 is 0 Å². The standard InChI is InChI=1S/C16H22N2O2/c19-12-16(20)18-10-14-6-7-15(11-18)17(9-14)8-13-4-2-1-3-5-13/h1-5,14-15,19H,6-12H2/t14-,15-/m0/s1. The van der Waals surface area contributed by atoms with Crippen molar-refractivity contribution in [2.45, 2.75) is 25.4 Å². The number of rotatable bonds is 3. The minimum Gasteiger partial charge on any atom is -0.387 e. The molecule has 20 heavy (non-hydrogen) atoms. The summed E-state index contributed by atoms with van der Waals surface area (Å²) in [5.41, 5.74) is 1.33. The van der Waals surface area contributed by atoms with E-state index in [2.05, 4.69) is 29.2 Å². The summed E-state index contributed by atoms with van der Waals surface area (Å²) in [6.45, 7) is 3.24. The van der Waals surface area contributed by atoms with Gasteiger partial charge in [0, 0.05) is 32.2 Å². The van der Waals surface area contributed by atoms with Crippen molar-refractivity contribution in [1.29, 1.82) is 0 Å². The number of fused-ring (bicyclic) bond motifs is 4. The van der Waals surface area contributed by atoms with E-state index in [1.165, 1.54) is 12.0 Å². The van der Waals surface area contributed by atoms with Gasteiger partial charge in [0.2, 0.25) is 5.91 Å². The van der Waals surface area contributed by atoms with E-state index in [1.54, 1.807) is 0 Å². The number of benzene rings is 1. The Kier molecular flexibility index (Phi) is 4.03. The Balaban J connectivity index is 1.71. The fourth-order valence-electron chi connectivity index (χ4n) is 3.49. The third-order valence-electron chi connectivity index (χ3n) is 4.54. The number of piperidine rings is 1. The molecule has 1 aromatic carbocycles. The van der Waals surface area contributed by atoms with Gasteiger partial charge < -0.3 is 10.0 Å². The van der Waals surface area contributed by atoms with E-state index in [0.717, 1.165) is 32.6 Å². The molecule has 0 aromatic heterocycles. The van der Waals surface area contributed by atoms with E-state index in [4.69, 9.17) is 5.11 Å². The first-order valence-electron chi connectivity index (χ1n) is 7.43. The second-order valence-corrected chi connectivity index (χ2v) is 5.97. The quantitative estimate of drug-likeness (QED) is 0.897. The van der Waals surface area contributed by atoms with Crippen LogP contribution >= 0.6 is 0 Å². The Morgan fingerprint density at radius 2 is 1.95 bits per heavy atom. The van der Waals surface area contributed by atoms with Gasteiger partial charge in [-0.15, -0.1) is 0 Å². The first-order chi connectivity index (χ1) is 9.76. The average Bonchev–Trinajstić information content (AvgIpc) is 2.79. The molecule has 2 bridgehead atoms. The number of aliphatic hydroxyl groups excluding tert-OH is 1. The first-order valence-corrected chi connectivity index (χ1v) is 7.43. The van der Waals surface area contributed by atoms with Gasteiger partial charge in [-0.1, -0.05) is 30.3 Å². The van der Waals surface area contributed by atoms with E-state index < -0.39 is 0 Å². The van der Waals surface area contributed by atoms with Crippen LogP contribution in [0.1, 0.15) is 18.4 Å². The van der Waals surface area contributed by atoms with Crippen molar-refractivity contribution < 1.29 is 9.90 Å². The van der Waals surface area contributed by atoms with Crippen molar-refractivity contribution in [1.82, 2.24) is 9.80 Å². The van der Waals surface area contributed by atoms with Crippen LogP contribution in [0.5, 0.6) is 0 Å². The molecule has 0 aliphatic carbocycles. The van der Waals surface area contributed by atoms with Crippen LogP contribution in [0.3, 0.4) is 0 Å². The molecule has 3 aliphatic rings. The Hall–Kier alpha value is -1.39. The highest BCUT2D eigenvalue weighted by Crippen LogP contribution is 2.29. The summed E-state index contributed by atoms with van der Waals surface area (Å²) in [4.78, 5) is 16.1. The maximum Gasteiger partial charge on any atom is 0.248 e. The number of hydrogen-bond donors (Lipinski definition) is 1. The third-order valence-corrected chi connectivity index (χ3v) is 4.54. The predicted octanol–water partition coefficient (Wildman–Crippen LogP) is 1.10. The van der Waals surface area contributed by atoms with Crippen LogP contribution in [0, 0.1) is 5.92 Å². The number of hydrogen-bond acceptors (Lipinski definition) is 3. The van der Waals surface area contributed by atoms with E-state index in [0.29, 0.717) is 12.0 Å². The molecule has 1 N–H and O–H groups in total. The fraction of sp³-hybridized carbons (Fsp3) is 0.562. The lowest BCUT2D eigenvalue weighted by Gasteiger charge is -2.36. The van der Waals surface area contributed by atoms with Crippen LogP contribution in [-0.4, -0.2) is 53.1 Å². The van der Waals surface area contributed by atoms with Crippen LogP contribution in [-0.2, 0) is 11.3 Å². The molecule has 4 nitrogen and oxygen atoms in total. The van der Waals surface area contributed by atoms with Crippen LogP contribution in [0.25, 0.3) is 0 Å². The molecule has 0 radical (unpaired) electrons. The highest BCUT2D eigenvalue weighted by molar-refractivity contribution is 5.77. The number of nitrogens with zero attached hydrogens (tertiary/aromatic N) is 2. The summed E-state index contributed by atoms with van der Waals surface area (Å²) in [7, 11) is 0. The van der Waals surface area contributed by atoms with Crippen molar-refractivity contribution >= 4 is 5.91 Å². The molecule has 4 rings (SSSR count). The monoisotopic (exact) mass is 274 g/mol. The van der Waals surface area contributed by atoms with Gasteiger partial charge in [-0.05, 0) is 24.3 Å².